The lowest BCUT2D eigenvalue weighted by atomic mass is 10.0. The number of Topliss-reactive ketones (excluding diaryl/α,β-unsaturated/α-hetero) is 1. The van der Waals surface area contributed by atoms with Crippen molar-refractivity contribution in [3.63, 3.8) is 0 Å². The van der Waals surface area contributed by atoms with Crippen molar-refractivity contribution in [1.29, 1.82) is 0 Å². The number of benzene rings is 3. The minimum atomic E-state index is -1.36. The third-order valence-electron chi connectivity index (χ3n) is 6.89. The van der Waals surface area contributed by atoms with Gasteiger partial charge in [-0.2, -0.15) is 0 Å². The predicted molar refractivity (Wildman–Crippen MR) is 169 cm³/mol. The highest BCUT2D eigenvalue weighted by atomic mass is 35.5. The van der Waals surface area contributed by atoms with Crippen LogP contribution in [0, 0.1) is 0 Å². The molecule has 3 aromatic rings. The summed E-state index contributed by atoms with van der Waals surface area (Å²) in [7, 11) is 0. The summed E-state index contributed by atoms with van der Waals surface area (Å²) in [5, 5.41) is 5.90. The molecule has 44 heavy (non-hydrogen) atoms. The van der Waals surface area contributed by atoms with Gasteiger partial charge in [0, 0.05) is 30.4 Å². The number of hydrogen-bond acceptors (Lipinski definition) is 6. The number of benzodiazepines with no additional fused rings is 1. The van der Waals surface area contributed by atoms with E-state index in [9.17, 15) is 24.0 Å². The summed E-state index contributed by atoms with van der Waals surface area (Å²) in [6, 6.07) is 19.8. The van der Waals surface area contributed by atoms with Crippen molar-refractivity contribution in [2.24, 2.45) is 10.7 Å². The number of amides is 4. The quantitative estimate of drug-likeness (QED) is 0.278. The van der Waals surface area contributed by atoms with Gasteiger partial charge in [-0.05, 0) is 37.1 Å². The number of hydrogen-bond donors (Lipinski definition) is 3. The fraction of sp³-hybridized carbons (Fsp3) is 0.250. The Hall–Kier alpha value is -4.54. The maximum atomic E-state index is 14.0. The number of carbonyl (C=O) groups excluding carboxylic acids is 5. The van der Waals surface area contributed by atoms with Crippen molar-refractivity contribution in [3.05, 3.63) is 99.5 Å². The third-order valence-corrected chi connectivity index (χ3v) is 7.63. The van der Waals surface area contributed by atoms with E-state index < -0.39 is 42.4 Å². The second-order valence-electron chi connectivity index (χ2n) is 10.3. The minimum Gasteiger partial charge on any atom is -0.368 e. The fourth-order valence-electron chi connectivity index (χ4n) is 4.74. The van der Waals surface area contributed by atoms with Crippen molar-refractivity contribution in [2.45, 2.75) is 44.8 Å². The smallest absolute Gasteiger partial charge is 0.272 e. The van der Waals surface area contributed by atoms with Crippen LogP contribution in [0.3, 0.4) is 0 Å². The van der Waals surface area contributed by atoms with Crippen LogP contribution < -0.4 is 21.3 Å². The van der Waals surface area contributed by atoms with E-state index in [0.717, 1.165) is 0 Å². The molecule has 1 unspecified atom stereocenters. The highest BCUT2D eigenvalue weighted by molar-refractivity contribution is 6.42. The van der Waals surface area contributed by atoms with E-state index in [1.807, 2.05) is 30.3 Å². The van der Waals surface area contributed by atoms with Crippen LogP contribution in [-0.4, -0.2) is 53.9 Å². The molecule has 4 N–H and O–H groups in total. The molecule has 0 bridgehead atoms. The largest absolute Gasteiger partial charge is 0.368 e. The first-order chi connectivity index (χ1) is 21.0. The number of ketones is 1. The summed E-state index contributed by atoms with van der Waals surface area (Å²) in [4.78, 5) is 69.7. The number of primary amides is 1. The fourth-order valence-corrected chi connectivity index (χ4v) is 5.06. The number of aliphatic imine (C=N–C) groups is 1. The number of nitrogens with two attached hydrogens (primary N) is 1. The molecule has 0 aromatic heterocycles. The van der Waals surface area contributed by atoms with Gasteiger partial charge in [0.2, 0.25) is 23.9 Å². The van der Waals surface area contributed by atoms with E-state index >= 15 is 0 Å². The Kier molecular flexibility index (Phi) is 10.9. The lowest BCUT2D eigenvalue weighted by Crippen LogP contribution is -2.53. The molecule has 2 atom stereocenters. The summed E-state index contributed by atoms with van der Waals surface area (Å²) in [5.74, 6) is -2.61. The Morgan fingerprint density at radius 3 is 2.32 bits per heavy atom. The lowest BCUT2D eigenvalue weighted by molar-refractivity contribution is -0.129. The molecule has 1 aliphatic rings. The average Bonchev–Trinajstić information content (AvgIpc) is 3.09. The van der Waals surface area contributed by atoms with Gasteiger partial charge in [-0.3, -0.25) is 24.1 Å². The predicted octanol–water partition coefficient (Wildman–Crippen LogP) is 3.59. The van der Waals surface area contributed by atoms with Crippen LogP contribution >= 0.6 is 23.2 Å². The molecule has 0 saturated heterocycles. The highest BCUT2D eigenvalue weighted by Crippen LogP contribution is 2.28. The number of para-hydroxylation sites is 1. The van der Waals surface area contributed by atoms with E-state index in [1.165, 1.54) is 11.8 Å². The zero-order valence-corrected chi connectivity index (χ0v) is 25.4. The Morgan fingerprint density at radius 1 is 0.932 bits per heavy atom. The molecule has 228 valence electrons. The second-order valence-corrected chi connectivity index (χ2v) is 11.1. The van der Waals surface area contributed by atoms with Gasteiger partial charge in [0.1, 0.15) is 18.4 Å². The van der Waals surface area contributed by atoms with E-state index in [1.54, 1.807) is 42.5 Å². The van der Waals surface area contributed by atoms with Crippen molar-refractivity contribution in [1.82, 2.24) is 10.6 Å². The molecular formula is C32H31Cl2N5O5. The first-order valence-corrected chi connectivity index (χ1v) is 14.6. The number of fused-ring (bicyclic) bond motifs is 1. The van der Waals surface area contributed by atoms with Crippen LogP contribution in [0.25, 0.3) is 0 Å². The Labute approximate surface area is 264 Å². The zero-order valence-electron chi connectivity index (χ0n) is 23.9. The summed E-state index contributed by atoms with van der Waals surface area (Å²) < 4.78 is 0. The van der Waals surface area contributed by atoms with Crippen molar-refractivity contribution < 1.29 is 24.0 Å². The molecule has 0 spiro atoms. The summed E-state index contributed by atoms with van der Waals surface area (Å²) in [5.41, 5.74) is 8.32. The van der Waals surface area contributed by atoms with Gasteiger partial charge in [-0.25, -0.2) is 4.99 Å². The molecule has 4 amide bonds. The third kappa shape index (κ3) is 8.30. The number of nitrogens with zero attached hydrogens (tertiary/aromatic N) is 2. The number of nitrogens with one attached hydrogen (secondary N) is 2. The standard InChI is InChI=1S/C32H31Cl2N5O5/c1-19(40)8-7-13-27(41)37-31-32(44)39(26-12-6-5-11-22(26)29(38-31)21-9-3-2-4-10-21)18-28(42)36-25(30(35)43)17-20-14-15-23(33)24(34)16-20/h2-6,9-12,14-16,25,31H,7-8,13,17-18H2,1H3,(H2,35,43)(H,36,42)(H,37,41)/t25-,31?/m0/s1. The van der Waals surface area contributed by atoms with Crippen LogP contribution in [0.1, 0.15) is 42.9 Å². The zero-order chi connectivity index (χ0) is 31.8. The van der Waals surface area contributed by atoms with Gasteiger partial charge in [0.25, 0.3) is 5.91 Å². The van der Waals surface area contributed by atoms with Gasteiger partial charge >= 0.3 is 0 Å². The monoisotopic (exact) mass is 635 g/mol. The van der Waals surface area contributed by atoms with Crippen LogP contribution in [0.5, 0.6) is 0 Å². The first kappa shape index (κ1) is 32.4. The molecule has 0 radical (unpaired) electrons. The molecule has 1 aliphatic heterocycles. The number of anilines is 1. The lowest BCUT2D eigenvalue weighted by Gasteiger charge is -2.26. The summed E-state index contributed by atoms with van der Waals surface area (Å²) in [6.07, 6.45) is -0.758. The van der Waals surface area contributed by atoms with Gasteiger partial charge in [0.15, 0.2) is 0 Å². The van der Waals surface area contributed by atoms with E-state index in [0.29, 0.717) is 39.5 Å². The average molecular weight is 637 g/mol. The molecule has 4 rings (SSSR count). The van der Waals surface area contributed by atoms with Crippen molar-refractivity contribution >= 4 is 64.0 Å². The van der Waals surface area contributed by atoms with Gasteiger partial charge in [-0.15, -0.1) is 0 Å². The van der Waals surface area contributed by atoms with Crippen molar-refractivity contribution in [2.75, 3.05) is 11.4 Å². The van der Waals surface area contributed by atoms with E-state index in [2.05, 4.69) is 15.6 Å². The Balaban J connectivity index is 1.63. The molecule has 0 saturated carbocycles. The molecule has 0 fully saturated rings. The van der Waals surface area contributed by atoms with E-state index in [-0.39, 0.29) is 30.1 Å². The second kappa shape index (κ2) is 14.8. The minimum absolute atomic E-state index is 0.0159. The van der Waals surface area contributed by atoms with Crippen LogP contribution in [0.15, 0.2) is 77.8 Å². The molecule has 12 heteroatoms. The molecular weight excluding hydrogens is 605 g/mol. The van der Waals surface area contributed by atoms with Crippen LogP contribution in [-0.2, 0) is 30.4 Å². The topological polar surface area (TPSA) is 151 Å². The van der Waals surface area contributed by atoms with E-state index in [4.69, 9.17) is 28.9 Å². The molecule has 1 heterocycles. The number of rotatable bonds is 12. The molecule has 0 aliphatic carbocycles. The Bertz CT molecular complexity index is 1610. The van der Waals surface area contributed by atoms with Crippen LogP contribution in [0.2, 0.25) is 10.0 Å². The summed E-state index contributed by atoms with van der Waals surface area (Å²) in [6.45, 7) is 0.950. The first-order valence-electron chi connectivity index (χ1n) is 13.9. The maximum Gasteiger partial charge on any atom is 0.272 e. The molecule has 10 nitrogen and oxygen atoms in total. The SMILES string of the molecule is CC(=O)CCCC(=O)NC1N=C(c2ccccc2)c2ccccc2N(CC(=O)N[C@@H](Cc2ccc(Cl)c(Cl)c2)C(N)=O)C1=O. The number of halogens is 2. The maximum absolute atomic E-state index is 14.0. The highest BCUT2D eigenvalue weighted by Gasteiger charge is 2.34. The Morgan fingerprint density at radius 2 is 1.64 bits per heavy atom. The molecule has 3 aromatic carbocycles. The van der Waals surface area contributed by atoms with Gasteiger partial charge < -0.3 is 21.2 Å². The van der Waals surface area contributed by atoms with Gasteiger partial charge in [-0.1, -0.05) is 77.8 Å². The van der Waals surface area contributed by atoms with Gasteiger partial charge in [0.05, 0.1) is 21.4 Å². The number of carbonyl (C=O) groups is 5. The van der Waals surface area contributed by atoms with Crippen LogP contribution in [0.4, 0.5) is 5.69 Å². The van der Waals surface area contributed by atoms with Crippen molar-refractivity contribution in [3.8, 4) is 0 Å². The normalized spacial score (nSPS) is 15.0. The summed E-state index contributed by atoms with van der Waals surface area (Å²) >= 11 is 12.1.